The number of unbranched alkanes of at least 4 members (excludes halogenated alkanes) is 1. The average molecular weight is 214 g/mol. The van der Waals surface area contributed by atoms with Gasteiger partial charge in [-0.15, -0.1) is 0 Å². The van der Waals surface area contributed by atoms with Gasteiger partial charge in [-0.2, -0.15) is 0 Å². The van der Waals surface area contributed by atoms with Crippen LogP contribution in [0.15, 0.2) is 4.99 Å². The summed E-state index contributed by atoms with van der Waals surface area (Å²) in [6, 6.07) is 0. The van der Waals surface area contributed by atoms with Crippen molar-refractivity contribution in [2.45, 2.75) is 39.5 Å². The molecule has 0 bridgehead atoms. The Kier molecular flexibility index (Phi) is 6.08. The highest BCUT2D eigenvalue weighted by molar-refractivity contribution is 8.13. The lowest BCUT2D eigenvalue weighted by molar-refractivity contribution is 0.536. The molecule has 82 valence electrons. The smallest absolute Gasteiger partial charge is 0.156 e. The second kappa shape index (κ2) is 7.16. The Balaban J connectivity index is 1.95. The largest absolute Gasteiger partial charge is 0.365 e. The Bertz CT molecular complexity index is 178. The minimum absolute atomic E-state index is 0.844. The molecular weight excluding hydrogens is 192 g/mol. The molecule has 1 heterocycles. The summed E-state index contributed by atoms with van der Waals surface area (Å²) in [4.78, 5) is 4.43. The summed E-state index contributed by atoms with van der Waals surface area (Å²) in [6.45, 7) is 6.68. The molecule has 0 atom stereocenters. The van der Waals surface area contributed by atoms with Crippen molar-refractivity contribution in [3.05, 3.63) is 0 Å². The van der Waals surface area contributed by atoms with E-state index in [9.17, 15) is 0 Å². The first-order chi connectivity index (χ1) is 6.79. The molecule has 0 aromatic rings. The maximum atomic E-state index is 4.43. The van der Waals surface area contributed by atoms with E-state index >= 15 is 0 Å². The lowest BCUT2D eigenvalue weighted by Crippen LogP contribution is -2.24. The lowest BCUT2D eigenvalue weighted by Gasteiger charge is -2.13. The van der Waals surface area contributed by atoms with Crippen LogP contribution in [0, 0.1) is 5.92 Å². The van der Waals surface area contributed by atoms with Crippen molar-refractivity contribution in [3.8, 4) is 0 Å². The fraction of sp³-hybridized carbons (Fsp3) is 0.909. The van der Waals surface area contributed by atoms with Crippen molar-refractivity contribution >= 4 is 16.9 Å². The Labute approximate surface area is 92.0 Å². The highest BCUT2D eigenvalue weighted by atomic mass is 32.2. The summed E-state index contributed by atoms with van der Waals surface area (Å²) in [6.07, 6.45) is 5.20. The summed E-state index contributed by atoms with van der Waals surface area (Å²) < 4.78 is 0. The van der Waals surface area contributed by atoms with Gasteiger partial charge in [0.05, 0.1) is 0 Å². The molecule has 1 rings (SSSR count). The third-order valence-electron chi connectivity index (χ3n) is 2.28. The second-order valence-corrected chi connectivity index (χ2v) is 5.29. The molecule has 0 saturated carbocycles. The molecule has 0 spiro atoms. The predicted molar refractivity (Wildman–Crippen MR) is 66.1 cm³/mol. The van der Waals surface area contributed by atoms with Crippen LogP contribution in [0.25, 0.3) is 0 Å². The summed E-state index contributed by atoms with van der Waals surface area (Å²) in [5, 5.41) is 4.58. The van der Waals surface area contributed by atoms with Crippen molar-refractivity contribution in [2.75, 3.05) is 18.8 Å². The molecule has 1 N–H and O–H groups in total. The van der Waals surface area contributed by atoms with E-state index in [1.807, 2.05) is 11.8 Å². The van der Waals surface area contributed by atoms with E-state index in [0.717, 1.165) is 19.0 Å². The van der Waals surface area contributed by atoms with Crippen molar-refractivity contribution in [2.24, 2.45) is 10.9 Å². The fourth-order valence-electron chi connectivity index (χ4n) is 1.44. The molecule has 0 amide bonds. The highest BCUT2D eigenvalue weighted by Gasteiger charge is 2.03. The Morgan fingerprint density at radius 3 is 2.93 bits per heavy atom. The molecule has 14 heavy (non-hydrogen) atoms. The zero-order chi connectivity index (χ0) is 10.2. The van der Waals surface area contributed by atoms with E-state index < -0.39 is 0 Å². The van der Waals surface area contributed by atoms with Gasteiger partial charge in [-0.25, -0.2) is 0 Å². The van der Waals surface area contributed by atoms with Crippen LogP contribution in [-0.4, -0.2) is 24.0 Å². The molecule has 1 aliphatic rings. The fourth-order valence-corrected chi connectivity index (χ4v) is 2.29. The SMILES string of the molecule is CC(C)CCCCNC1=NCCCS1. The van der Waals surface area contributed by atoms with Crippen LogP contribution >= 0.6 is 11.8 Å². The van der Waals surface area contributed by atoms with Gasteiger partial charge in [-0.1, -0.05) is 38.5 Å². The van der Waals surface area contributed by atoms with Crippen molar-refractivity contribution in [3.63, 3.8) is 0 Å². The molecule has 0 unspecified atom stereocenters. The molecule has 0 fully saturated rings. The predicted octanol–water partition coefficient (Wildman–Crippen LogP) is 2.90. The van der Waals surface area contributed by atoms with Gasteiger partial charge in [-0.3, -0.25) is 4.99 Å². The quantitative estimate of drug-likeness (QED) is 0.712. The van der Waals surface area contributed by atoms with Crippen molar-refractivity contribution in [1.82, 2.24) is 5.32 Å². The zero-order valence-electron chi connectivity index (χ0n) is 9.38. The third-order valence-corrected chi connectivity index (χ3v) is 3.32. The van der Waals surface area contributed by atoms with E-state index in [1.54, 1.807) is 0 Å². The average Bonchev–Trinajstić information content (AvgIpc) is 2.18. The minimum Gasteiger partial charge on any atom is -0.365 e. The normalized spacial score (nSPS) is 16.9. The van der Waals surface area contributed by atoms with Gasteiger partial charge in [0.2, 0.25) is 0 Å². The maximum absolute atomic E-state index is 4.43. The Morgan fingerprint density at radius 2 is 2.29 bits per heavy atom. The van der Waals surface area contributed by atoms with Crippen LogP contribution in [0.5, 0.6) is 0 Å². The molecule has 2 nitrogen and oxygen atoms in total. The first-order valence-electron chi connectivity index (χ1n) is 5.70. The second-order valence-electron chi connectivity index (χ2n) is 4.21. The van der Waals surface area contributed by atoms with Gasteiger partial charge in [0.15, 0.2) is 5.17 Å². The zero-order valence-corrected chi connectivity index (χ0v) is 10.2. The van der Waals surface area contributed by atoms with Gasteiger partial charge in [-0.05, 0) is 18.8 Å². The van der Waals surface area contributed by atoms with Crippen LogP contribution in [0.1, 0.15) is 39.5 Å². The van der Waals surface area contributed by atoms with E-state index in [2.05, 4.69) is 24.2 Å². The van der Waals surface area contributed by atoms with Gasteiger partial charge in [0.25, 0.3) is 0 Å². The van der Waals surface area contributed by atoms with Crippen LogP contribution in [0.4, 0.5) is 0 Å². The van der Waals surface area contributed by atoms with Crippen LogP contribution in [-0.2, 0) is 0 Å². The molecule has 0 aromatic carbocycles. The van der Waals surface area contributed by atoms with Crippen molar-refractivity contribution < 1.29 is 0 Å². The number of amidine groups is 1. The van der Waals surface area contributed by atoms with E-state index in [-0.39, 0.29) is 0 Å². The van der Waals surface area contributed by atoms with E-state index in [1.165, 1.54) is 36.6 Å². The van der Waals surface area contributed by atoms with Gasteiger partial charge >= 0.3 is 0 Å². The lowest BCUT2D eigenvalue weighted by atomic mass is 10.1. The summed E-state index contributed by atoms with van der Waals surface area (Å²) in [5.74, 6) is 2.08. The topological polar surface area (TPSA) is 24.4 Å². The number of hydrogen-bond donors (Lipinski definition) is 1. The van der Waals surface area contributed by atoms with Crippen LogP contribution in [0.3, 0.4) is 0 Å². The first kappa shape index (κ1) is 11.9. The van der Waals surface area contributed by atoms with Crippen LogP contribution in [0.2, 0.25) is 0 Å². The summed E-state index contributed by atoms with van der Waals surface area (Å²) >= 11 is 1.87. The number of hydrogen-bond acceptors (Lipinski definition) is 3. The monoisotopic (exact) mass is 214 g/mol. The van der Waals surface area contributed by atoms with Gasteiger partial charge in [0.1, 0.15) is 0 Å². The Morgan fingerprint density at radius 1 is 1.43 bits per heavy atom. The molecular formula is C11H22N2S. The number of aliphatic imine (C=N–C) groups is 1. The van der Waals surface area contributed by atoms with E-state index in [0.29, 0.717) is 0 Å². The third kappa shape index (κ3) is 5.53. The molecule has 0 aromatic heterocycles. The summed E-state index contributed by atoms with van der Waals surface area (Å²) in [7, 11) is 0. The highest BCUT2D eigenvalue weighted by Crippen LogP contribution is 2.10. The van der Waals surface area contributed by atoms with E-state index in [4.69, 9.17) is 0 Å². The standard InChI is InChI=1S/C11H22N2S/c1-10(2)6-3-4-7-12-11-13-8-5-9-14-11/h10H,3-9H2,1-2H3,(H,12,13). The molecule has 0 aliphatic carbocycles. The number of thioether (sulfide) groups is 1. The molecule has 0 saturated heterocycles. The molecule has 0 radical (unpaired) electrons. The summed E-state index contributed by atoms with van der Waals surface area (Å²) in [5.41, 5.74) is 0. The minimum atomic E-state index is 0.844. The van der Waals surface area contributed by atoms with Gasteiger partial charge < -0.3 is 5.32 Å². The van der Waals surface area contributed by atoms with Crippen molar-refractivity contribution in [1.29, 1.82) is 0 Å². The maximum Gasteiger partial charge on any atom is 0.156 e. The number of nitrogens with zero attached hydrogens (tertiary/aromatic N) is 1. The first-order valence-corrected chi connectivity index (χ1v) is 6.68. The van der Waals surface area contributed by atoms with Gasteiger partial charge in [0, 0.05) is 18.8 Å². The number of rotatable bonds is 5. The molecule has 1 aliphatic heterocycles. The number of nitrogens with one attached hydrogen (secondary N) is 1. The molecule has 3 heteroatoms. The van der Waals surface area contributed by atoms with Crippen LogP contribution < -0.4 is 5.32 Å². The Hall–Kier alpha value is -0.180.